The zero-order valence-corrected chi connectivity index (χ0v) is 11.9. The van der Waals surface area contributed by atoms with Crippen LogP contribution in [0, 0.1) is 5.82 Å². The Kier molecular flexibility index (Phi) is 4.59. The predicted molar refractivity (Wildman–Crippen MR) is 70.5 cm³/mol. The Bertz CT molecular complexity index is 458. The fourth-order valence-corrected chi connectivity index (χ4v) is 2.54. The summed E-state index contributed by atoms with van der Waals surface area (Å²) >= 11 is 8.93. The van der Waals surface area contributed by atoms with Crippen LogP contribution in [0.1, 0.15) is 10.4 Å². The second-order valence-corrected chi connectivity index (χ2v) is 5.19. The minimum atomic E-state index is -0.376. The molecule has 1 aliphatic rings. The Morgan fingerprint density at radius 2 is 2.39 bits per heavy atom. The third-order valence-electron chi connectivity index (χ3n) is 2.76. The molecule has 0 aliphatic carbocycles. The second kappa shape index (κ2) is 5.99. The van der Waals surface area contributed by atoms with E-state index in [4.69, 9.17) is 16.3 Å². The average Bonchev–Trinajstić information content (AvgIpc) is 2.38. The highest BCUT2D eigenvalue weighted by atomic mass is 79.9. The van der Waals surface area contributed by atoms with Crippen molar-refractivity contribution in [2.24, 2.45) is 0 Å². The summed E-state index contributed by atoms with van der Waals surface area (Å²) in [5.74, 6) is -0.159. The molecule has 1 aromatic carbocycles. The van der Waals surface area contributed by atoms with Crippen LogP contribution in [-0.2, 0) is 4.74 Å². The van der Waals surface area contributed by atoms with Gasteiger partial charge in [0.15, 0.2) is 0 Å². The van der Waals surface area contributed by atoms with Gasteiger partial charge in [0.2, 0.25) is 0 Å². The van der Waals surface area contributed by atoms with Gasteiger partial charge in [0, 0.05) is 17.6 Å². The Balaban J connectivity index is 2.15. The van der Waals surface area contributed by atoms with E-state index in [1.807, 2.05) is 0 Å². The minimum Gasteiger partial charge on any atom is -0.373 e. The molecule has 0 saturated carbocycles. The number of hydrogen-bond donors (Lipinski definition) is 0. The molecule has 2 rings (SSSR count). The third-order valence-corrected chi connectivity index (χ3v) is 3.76. The third kappa shape index (κ3) is 3.02. The zero-order valence-electron chi connectivity index (χ0n) is 9.54. The van der Waals surface area contributed by atoms with Crippen molar-refractivity contribution in [1.82, 2.24) is 4.90 Å². The molecule has 1 aromatic rings. The maximum atomic E-state index is 13.0. The van der Waals surface area contributed by atoms with E-state index >= 15 is 0 Å². The van der Waals surface area contributed by atoms with Crippen LogP contribution in [0.2, 0.25) is 0 Å². The largest absolute Gasteiger partial charge is 0.373 e. The van der Waals surface area contributed by atoms with Gasteiger partial charge in [-0.05, 0) is 34.1 Å². The van der Waals surface area contributed by atoms with E-state index < -0.39 is 0 Å². The van der Waals surface area contributed by atoms with Gasteiger partial charge in [-0.3, -0.25) is 4.79 Å². The first-order valence-corrected chi connectivity index (χ1v) is 6.86. The number of morpholine rings is 1. The van der Waals surface area contributed by atoms with Crippen LogP contribution in [0.15, 0.2) is 22.7 Å². The van der Waals surface area contributed by atoms with Crippen LogP contribution in [0.4, 0.5) is 4.39 Å². The second-order valence-electron chi connectivity index (χ2n) is 4.02. The summed E-state index contributed by atoms with van der Waals surface area (Å²) in [6.45, 7) is 1.46. The molecular weight excluding hydrogens is 324 g/mol. The first-order valence-electron chi connectivity index (χ1n) is 5.53. The maximum Gasteiger partial charge on any atom is 0.255 e. The zero-order chi connectivity index (χ0) is 13.1. The summed E-state index contributed by atoms with van der Waals surface area (Å²) in [5, 5.41) is 0. The summed E-state index contributed by atoms with van der Waals surface area (Å²) in [7, 11) is 0. The number of hydrogen-bond acceptors (Lipinski definition) is 2. The van der Waals surface area contributed by atoms with Gasteiger partial charge in [-0.2, -0.15) is 0 Å². The van der Waals surface area contributed by atoms with E-state index in [0.29, 0.717) is 35.6 Å². The first kappa shape index (κ1) is 13.8. The highest BCUT2D eigenvalue weighted by Gasteiger charge is 2.25. The van der Waals surface area contributed by atoms with Crippen molar-refractivity contribution in [1.29, 1.82) is 0 Å². The van der Waals surface area contributed by atoms with E-state index in [0.717, 1.165) is 0 Å². The summed E-state index contributed by atoms with van der Waals surface area (Å²) < 4.78 is 18.8. The van der Waals surface area contributed by atoms with Crippen LogP contribution in [0.5, 0.6) is 0 Å². The number of amides is 1. The normalized spacial score (nSPS) is 19.9. The molecule has 6 heteroatoms. The summed E-state index contributed by atoms with van der Waals surface area (Å²) in [5.41, 5.74) is 0.451. The number of carbonyl (C=O) groups is 1. The Labute approximate surface area is 118 Å². The molecule has 0 bridgehead atoms. The molecule has 1 amide bonds. The molecule has 1 saturated heterocycles. The Morgan fingerprint density at radius 1 is 1.61 bits per heavy atom. The molecule has 98 valence electrons. The molecule has 1 fully saturated rings. The molecular formula is C12H12BrClFNO2. The molecule has 0 aromatic heterocycles. The van der Waals surface area contributed by atoms with Crippen LogP contribution >= 0.6 is 27.5 Å². The van der Waals surface area contributed by atoms with Gasteiger partial charge in [-0.25, -0.2) is 4.39 Å². The van der Waals surface area contributed by atoms with Crippen molar-refractivity contribution in [3.8, 4) is 0 Å². The van der Waals surface area contributed by atoms with Crippen LogP contribution in [-0.4, -0.2) is 42.5 Å². The first-order chi connectivity index (χ1) is 8.61. The lowest BCUT2D eigenvalue weighted by Crippen LogP contribution is -2.46. The molecule has 1 aliphatic heterocycles. The smallest absolute Gasteiger partial charge is 0.255 e. The van der Waals surface area contributed by atoms with Crippen molar-refractivity contribution in [3.05, 3.63) is 34.1 Å². The van der Waals surface area contributed by atoms with Crippen molar-refractivity contribution >= 4 is 33.4 Å². The number of carbonyl (C=O) groups excluding carboxylic acids is 1. The Hall–Kier alpha value is -0.650. The van der Waals surface area contributed by atoms with E-state index in [-0.39, 0.29) is 17.8 Å². The fourth-order valence-electron chi connectivity index (χ4n) is 1.83. The lowest BCUT2D eigenvalue weighted by molar-refractivity contribution is -0.0108. The standard InChI is InChI=1S/C12H12BrClFNO2/c13-11-5-8(15)1-2-10(11)12(17)16-3-4-18-9(6-14)7-16/h1-2,5,9H,3-4,6-7H2. The summed E-state index contributed by atoms with van der Waals surface area (Å²) in [6.07, 6.45) is -0.136. The lowest BCUT2D eigenvalue weighted by Gasteiger charge is -2.32. The van der Waals surface area contributed by atoms with Gasteiger partial charge in [-0.15, -0.1) is 11.6 Å². The van der Waals surface area contributed by atoms with Crippen molar-refractivity contribution in [2.75, 3.05) is 25.6 Å². The maximum absolute atomic E-state index is 13.0. The number of rotatable bonds is 2. The number of benzene rings is 1. The van der Waals surface area contributed by atoms with Crippen molar-refractivity contribution < 1.29 is 13.9 Å². The molecule has 1 unspecified atom stereocenters. The molecule has 0 N–H and O–H groups in total. The van der Waals surface area contributed by atoms with Crippen molar-refractivity contribution in [2.45, 2.75) is 6.10 Å². The van der Waals surface area contributed by atoms with E-state index in [2.05, 4.69) is 15.9 Å². The SMILES string of the molecule is O=C(c1ccc(F)cc1Br)N1CCOC(CCl)C1. The molecule has 0 spiro atoms. The highest BCUT2D eigenvalue weighted by molar-refractivity contribution is 9.10. The minimum absolute atomic E-state index is 0.136. The molecule has 1 atom stereocenters. The van der Waals surface area contributed by atoms with Gasteiger partial charge in [-0.1, -0.05) is 0 Å². The highest BCUT2D eigenvalue weighted by Crippen LogP contribution is 2.21. The lowest BCUT2D eigenvalue weighted by atomic mass is 10.1. The number of alkyl halides is 1. The Morgan fingerprint density at radius 3 is 3.06 bits per heavy atom. The van der Waals surface area contributed by atoms with Gasteiger partial charge in [0.1, 0.15) is 5.82 Å². The van der Waals surface area contributed by atoms with Crippen LogP contribution in [0.25, 0.3) is 0 Å². The monoisotopic (exact) mass is 335 g/mol. The van der Waals surface area contributed by atoms with Gasteiger partial charge in [0.25, 0.3) is 5.91 Å². The number of ether oxygens (including phenoxy) is 1. The van der Waals surface area contributed by atoms with Crippen LogP contribution < -0.4 is 0 Å². The van der Waals surface area contributed by atoms with Gasteiger partial charge < -0.3 is 9.64 Å². The predicted octanol–water partition coefficient (Wildman–Crippen LogP) is 2.67. The van der Waals surface area contributed by atoms with Gasteiger partial charge >= 0.3 is 0 Å². The quantitative estimate of drug-likeness (QED) is 0.777. The van der Waals surface area contributed by atoms with Gasteiger partial charge in [0.05, 0.1) is 24.2 Å². The topological polar surface area (TPSA) is 29.5 Å². The van der Waals surface area contributed by atoms with Crippen LogP contribution in [0.3, 0.4) is 0 Å². The summed E-state index contributed by atoms with van der Waals surface area (Å²) in [4.78, 5) is 13.9. The molecule has 1 heterocycles. The van der Waals surface area contributed by atoms with E-state index in [1.54, 1.807) is 4.90 Å². The van der Waals surface area contributed by atoms with E-state index in [1.165, 1.54) is 18.2 Å². The average molecular weight is 337 g/mol. The van der Waals surface area contributed by atoms with E-state index in [9.17, 15) is 9.18 Å². The number of nitrogens with zero attached hydrogens (tertiary/aromatic N) is 1. The molecule has 0 radical (unpaired) electrons. The number of halogens is 3. The summed E-state index contributed by atoms with van der Waals surface area (Å²) in [6, 6.07) is 4.04. The fraction of sp³-hybridized carbons (Fsp3) is 0.417. The van der Waals surface area contributed by atoms with Crippen molar-refractivity contribution in [3.63, 3.8) is 0 Å². The molecule has 3 nitrogen and oxygen atoms in total. The molecule has 18 heavy (non-hydrogen) atoms.